The van der Waals surface area contributed by atoms with Crippen LogP contribution in [0.3, 0.4) is 0 Å². The number of nitrogens with two attached hydrogens (primary N) is 2. The van der Waals surface area contributed by atoms with Gasteiger partial charge in [0, 0.05) is 30.3 Å². The average Bonchev–Trinajstić information content (AvgIpc) is 3.52. The van der Waals surface area contributed by atoms with Crippen LogP contribution >= 0.6 is 0 Å². The number of nitrogens with zero attached hydrogens (tertiary/aromatic N) is 4. The first-order valence-corrected chi connectivity index (χ1v) is 13.8. The van der Waals surface area contributed by atoms with Gasteiger partial charge in [-0.05, 0) is 52.8 Å². The Morgan fingerprint density at radius 2 is 1.84 bits per heavy atom. The smallest absolute Gasteiger partial charge is 0.270 e. The maximum atomic E-state index is 13.0. The molecule has 1 aliphatic heterocycles. The van der Waals surface area contributed by atoms with Gasteiger partial charge in [0.25, 0.3) is 22.7 Å². The fourth-order valence-corrected chi connectivity index (χ4v) is 5.98. The molecule has 2 amide bonds. The monoisotopic (exact) mass is 578 g/mol. The van der Waals surface area contributed by atoms with E-state index in [2.05, 4.69) is 39.6 Å². The third kappa shape index (κ3) is 4.90. The second kappa shape index (κ2) is 10.5. The normalized spacial score (nSPS) is 16.8. The molecule has 1 atom stereocenters. The Bertz CT molecular complexity index is 1890. The molecule has 1 aliphatic carbocycles. The number of aryl methyl sites for hydroxylation is 1. The highest BCUT2D eigenvalue weighted by molar-refractivity contribution is 5.97. The number of nitrogens with one attached hydrogen (secondary N) is 2. The number of rotatable bonds is 7. The molecule has 0 fully saturated rings. The minimum absolute atomic E-state index is 0.0280. The standard InChI is InChI=1S/C31H30N8O4/c1-31(2)14-39(26-25(32)27(40)28(26)41)24-10-17(4-7-20(24)31)12-34-29(42)22-11-23(36-15-35-22)30(43)38-21-8-5-18-9-16(13-37-33)3-6-19(18)21/h3-4,6-7,9-11,13,15,21H,5,8,12,14,32-33H2,1-2H3,(H,34,42)(H,38,43)/b37-13+. The van der Waals surface area contributed by atoms with Crippen LogP contribution in [-0.4, -0.2) is 34.5 Å². The number of carbonyl (C=O) groups is 2. The molecule has 12 heteroatoms. The Kier molecular flexibility index (Phi) is 6.76. The van der Waals surface area contributed by atoms with Crippen LogP contribution in [0.25, 0.3) is 0 Å². The molecule has 2 heterocycles. The van der Waals surface area contributed by atoms with E-state index in [1.807, 2.05) is 36.4 Å². The highest BCUT2D eigenvalue weighted by Crippen LogP contribution is 2.45. The molecular formula is C31H30N8O4. The molecule has 1 unspecified atom stereocenters. The highest BCUT2D eigenvalue weighted by Gasteiger charge is 2.39. The van der Waals surface area contributed by atoms with Gasteiger partial charge in [0.15, 0.2) is 0 Å². The molecule has 0 radical (unpaired) electrons. The first kappa shape index (κ1) is 27.8. The minimum atomic E-state index is -0.664. The van der Waals surface area contributed by atoms with Gasteiger partial charge in [-0.1, -0.05) is 38.1 Å². The number of amides is 2. The number of fused-ring (bicyclic) bond motifs is 2. The number of hydrazone groups is 1. The summed E-state index contributed by atoms with van der Waals surface area (Å²) in [5.74, 6) is 4.38. The molecule has 218 valence electrons. The van der Waals surface area contributed by atoms with Crippen LogP contribution in [0, 0.1) is 0 Å². The lowest BCUT2D eigenvalue weighted by atomic mass is 9.86. The Balaban J connectivity index is 1.13. The zero-order valence-corrected chi connectivity index (χ0v) is 23.7. The van der Waals surface area contributed by atoms with E-state index in [4.69, 9.17) is 11.6 Å². The number of hydrogen-bond acceptors (Lipinski definition) is 10. The van der Waals surface area contributed by atoms with Crippen molar-refractivity contribution < 1.29 is 9.59 Å². The quantitative estimate of drug-likeness (QED) is 0.110. The van der Waals surface area contributed by atoms with Crippen molar-refractivity contribution in [1.29, 1.82) is 0 Å². The van der Waals surface area contributed by atoms with Gasteiger partial charge in [0.1, 0.15) is 29.1 Å². The largest absolute Gasteiger partial charge is 0.394 e. The van der Waals surface area contributed by atoms with Crippen molar-refractivity contribution in [2.24, 2.45) is 10.9 Å². The van der Waals surface area contributed by atoms with Crippen molar-refractivity contribution in [3.8, 4) is 0 Å². The van der Waals surface area contributed by atoms with Gasteiger partial charge in [-0.3, -0.25) is 19.2 Å². The minimum Gasteiger partial charge on any atom is -0.394 e. The number of carbonyl (C=O) groups excluding carboxylic acids is 2. The number of aromatic nitrogens is 2. The summed E-state index contributed by atoms with van der Waals surface area (Å²) < 4.78 is 0. The second-order valence-electron chi connectivity index (χ2n) is 11.5. The van der Waals surface area contributed by atoms with Gasteiger partial charge in [-0.25, -0.2) is 9.97 Å². The van der Waals surface area contributed by atoms with E-state index in [1.165, 1.54) is 12.4 Å². The molecule has 0 bridgehead atoms. The van der Waals surface area contributed by atoms with E-state index in [1.54, 1.807) is 11.1 Å². The predicted octanol–water partition coefficient (Wildman–Crippen LogP) is 1.72. The second-order valence-corrected chi connectivity index (χ2v) is 11.5. The van der Waals surface area contributed by atoms with Crippen molar-refractivity contribution in [2.45, 2.75) is 44.7 Å². The zero-order chi connectivity index (χ0) is 30.5. The van der Waals surface area contributed by atoms with Crippen LogP contribution < -0.4 is 38.0 Å². The number of anilines is 3. The van der Waals surface area contributed by atoms with E-state index in [0.717, 1.165) is 46.3 Å². The Morgan fingerprint density at radius 3 is 2.58 bits per heavy atom. The summed E-state index contributed by atoms with van der Waals surface area (Å²) in [7, 11) is 0. The molecular weight excluding hydrogens is 548 g/mol. The number of hydrogen-bond donors (Lipinski definition) is 4. The zero-order valence-electron chi connectivity index (χ0n) is 23.7. The van der Waals surface area contributed by atoms with Gasteiger partial charge >= 0.3 is 0 Å². The fraction of sp³-hybridized carbons (Fsp3) is 0.258. The molecule has 4 aromatic rings. The molecule has 2 aliphatic rings. The van der Waals surface area contributed by atoms with Gasteiger partial charge < -0.3 is 27.1 Å². The van der Waals surface area contributed by atoms with Crippen LogP contribution in [0.2, 0.25) is 0 Å². The fourth-order valence-electron chi connectivity index (χ4n) is 5.98. The van der Waals surface area contributed by atoms with Gasteiger partial charge in [-0.2, -0.15) is 5.10 Å². The van der Waals surface area contributed by atoms with Crippen molar-refractivity contribution in [1.82, 2.24) is 20.6 Å². The highest BCUT2D eigenvalue weighted by atomic mass is 16.2. The number of nitrogen functional groups attached to an aromatic ring is 1. The predicted molar refractivity (Wildman–Crippen MR) is 162 cm³/mol. The van der Waals surface area contributed by atoms with Gasteiger partial charge in [0.2, 0.25) is 0 Å². The first-order valence-electron chi connectivity index (χ1n) is 13.8. The summed E-state index contributed by atoms with van der Waals surface area (Å²) in [6.45, 7) is 4.77. The third-order valence-electron chi connectivity index (χ3n) is 8.19. The molecule has 1 aromatic heterocycles. The molecule has 6 N–H and O–H groups in total. The Hall–Kier alpha value is -5.39. The van der Waals surface area contributed by atoms with Crippen LogP contribution in [0.15, 0.2) is 63.5 Å². The maximum Gasteiger partial charge on any atom is 0.270 e. The third-order valence-corrected chi connectivity index (χ3v) is 8.19. The summed E-state index contributed by atoms with van der Waals surface area (Å²) in [6.07, 6.45) is 4.32. The lowest BCUT2D eigenvalue weighted by molar-refractivity contribution is 0.0931. The summed E-state index contributed by atoms with van der Waals surface area (Å²) >= 11 is 0. The van der Waals surface area contributed by atoms with Crippen LogP contribution in [0.5, 0.6) is 0 Å². The molecule has 3 aromatic carbocycles. The topological polar surface area (TPSA) is 186 Å². The Morgan fingerprint density at radius 1 is 1.07 bits per heavy atom. The summed E-state index contributed by atoms with van der Waals surface area (Å²) in [6, 6.07) is 12.8. The molecule has 6 rings (SSSR count). The molecule has 43 heavy (non-hydrogen) atoms. The van der Waals surface area contributed by atoms with Crippen molar-refractivity contribution >= 4 is 35.1 Å². The van der Waals surface area contributed by atoms with Crippen molar-refractivity contribution in [3.05, 3.63) is 108 Å². The molecule has 0 saturated heterocycles. The van der Waals surface area contributed by atoms with Crippen molar-refractivity contribution in [2.75, 3.05) is 17.2 Å². The first-order chi connectivity index (χ1) is 20.6. The van der Waals surface area contributed by atoms with E-state index >= 15 is 0 Å². The maximum absolute atomic E-state index is 13.0. The number of benzene rings is 2. The average molecular weight is 579 g/mol. The lowest BCUT2D eigenvalue weighted by Gasteiger charge is -2.24. The lowest BCUT2D eigenvalue weighted by Crippen LogP contribution is -2.41. The summed E-state index contributed by atoms with van der Waals surface area (Å²) in [5, 5.41) is 9.40. The summed E-state index contributed by atoms with van der Waals surface area (Å²) in [4.78, 5) is 60.0. The van der Waals surface area contributed by atoms with E-state index in [0.29, 0.717) is 6.54 Å². The van der Waals surface area contributed by atoms with E-state index < -0.39 is 22.7 Å². The van der Waals surface area contributed by atoms with Crippen LogP contribution in [0.4, 0.5) is 17.1 Å². The summed E-state index contributed by atoms with van der Waals surface area (Å²) in [5.41, 5.74) is 10.3. The van der Waals surface area contributed by atoms with Crippen LogP contribution in [-0.2, 0) is 18.4 Å². The van der Waals surface area contributed by atoms with Crippen LogP contribution in [0.1, 0.15) is 75.1 Å². The molecule has 0 saturated carbocycles. The Labute approximate surface area is 246 Å². The van der Waals surface area contributed by atoms with Gasteiger partial charge in [0.05, 0.1) is 12.3 Å². The van der Waals surface area contributed by atoms with Crippen molar-refractivity contribution in [3.63, 3.8) is 0 Å². The SMILES string of the molecule is CC1(C)CN(c2c(N)c(=O)c2=O)c2cc(CNC(=O)c3cc(C(=O)NC4CCc5cc(/C=N/N)ccc54)ncn3)ccc21. The molecule has 12 nitrogen and oxygen atoms in total. The van der Waals surface area contributed by atoms with E-state index in [-0.39, 0.29) is 40.8 Å². The van der Waals surface area contributed by atoms with Gasteiger partial charge in [-0.15, -0.1) is 0 Å². The van der Waals surface area contributed by atoms with E-state index in [9.17, 15) is 19.2 Å². The molecule has 0 spiro atoms.